The highest BCUT2D eigenvalue weighted by Gasteiger charge is 2.16. The van der Waals surface area contributed by atoms with Gasteiger partial charge in [0, 0.05) is 19.8 Å². The molecule has 0 amide bonds. The zero-order valence-electron chi connectivity index (χ0n) is 9.57. The molecule has 0 fully saturated rings. The second kappa shape index (κ2) is 5.16. The Hall–Kier alpha value is -1.29. The van der Waals surface area contributed by atoms with E-state index < -0.39 is 11.9 Å². The molecule has 0 saturated carbocycles. The molecule has 1 aromatic rings. The van der Waals surface area contributed by atoms with E-state index in [1.165, 1.54) is 0 Å². The van der Waals surface area contributed by atoms with Crippen LogP contribution < -0.4 is 4.90 Å². The van der Waals surface area contributed by atoms with Crippen molar-refractivity contribution in [3.05, 3.63) is 23.0 Å². The molecule has 1 rings (SSSR count). The number of aliphatic carboxylic acids is 1. The summed E-state index contributed by atoms with van der Waals surface area (Å²) in [6, 6.07) is 1.78. The molecule has 0 aliphatic heterocycles. The van der Waals surface area contributed by atoms with Gasteiger partial charge >= 0.3 is 5.97 Å². The number of hydrogen-bond donors (Lipinski definition) is 1. The second-order valence-electron chi connectivity index (χ2n) is 3.85. The maximum atomic E-state index is 10.7. The minimum Gasteiger partial charge on any atom is -0.481 e. The van der Waals surface area contributed by atoms with Crippen LogP contribution in [0.2, 0.25) is 5.02 Å². The highest BCUT2D eigenvalue weighted by atomic mass is 35.5. The third kappa shape index (κ3) is 2.85. The average molecular weight is 243 g/mol. The standard InChI is InChI=1S/C11H15ClN2O2/c1-7(11(15)16)6-14(3)9-4-5-13-8(2)10(9)12/h4-5,7H,6H2,1-3H3,(H,15,16). The van der Waals surface area contributed by atoms with Crippen molar-refractivity contribution >= 4 is 23.3 Å². The number of carbonyl (C=O) groups is 1. The Balaban J connectivity index is 2.84. The number of anilines is 1. The van der Waals surface area contributed by atoms with Crippen LogP contribution in [0.15, 0.2) is 12.3 Å². The van der Waals surface area contributed by atoms with Gasteiger partial charge in [0.1, 0.15) is 0 Å². The third-order valence-corrected chi connectivity index (χ3v) is 2.89. The van der Waals surface area contributed by atoms with E-state index >= 15 is 0 Å². The lowest BCUT2D eigenvalue weighted by molar-refractivity contribution is -0.140. The number of pyridine rings is 1. The molecule has 1 N–H and O–H groups in total. The minimum atomic E-state index is -0.811. The highest BCUT2D eigenvalue weighted by molar-refractivity contribution is 6.33. The van der Waals surface area contributed by atoms with Gasteiger partial charge in [0.2, 0.25) is 0 Å². The first-order valence-electron chi connectivity index (χ1n) is 4.98. The largest absolute Gasteiger partial charge is 0.481 e. The van der Waals surface area contributed by atoms with Crippen molar-refractivity contribution in [1.82, 2.24) is 4.98 Å². The van der Waals surface area contributed by atoms with E-state index in [4.69, 9.17) is 16.7 Å². The summed E-state index contributed by atoms with van der Waals surface area (Å²) < 4.78 is 0. The van der Waals surface area contributed by atoms with Crippen molar-refractivity contribution in [3.63, 3.8) is 0 Å². The number of hydrogen-bond acceptors (Lipinski definition) is 3. The predicted octanol–water partition coefficient (Wildman–Crippen LogP) is 2.20. The van der Waals surface area contributed by atoms with E-state index in [0.717, 1.165) is 11.4 Å². The highest BCUT2D eigenvalue weighted by Crippen LogP contribution is 2.26. The predicted molar refractivity (Wildman–Crippen MR) is 64.1 cm³/mol. The van der Waals surface area contributed by atoms with Gasteiger partial charge in [-0.25, -0.2) is 0 Å². The molecule has 88 valence electrons. The first kappa shape index (κ1) is 12.8. The number of aryl methyl sites for hydroxylation is 1. The van der Waals surface area contributed by atoms with Gasteiger partial charge in [0.25, 0.3) is 0 Å². The lowest BCUT2D eigenvalue weighted by Gasteiger charge is -2.22. The van der Waals surface area contributed by atoms with Crippen molar-refractivity contribution < 1.29 is 9.90 Å². The fraction of sp³-hybridized carbons (Fsp3) is 0.455. The summed E-state index contributed by atoms with van der Waals surface area (Å²) >= 11 is 6.10. The van der Waals surface area contributed by atoms with Crippen LogP contribution in [0.25, 0.3) is 0 Å². The van der Waals surface area contributed by atoms with Crippen LogP contribution in [-0.4, -0.2) is 29.7 Å². The molecule has 1 aromatic heterocycles. The summed E-state index contributed by atoms with van der Waals surface area (Å²) in [7, 11) is 1.82. The van der Waals surface area contributed by atoms with Crippen molar-refractivity contribution in [1.29, 1.82) is 0 Å². The maximum Gasteiger partial charge on any atom is 0.308 e. The van der Waals surface area contributed by atoms with E-state index in [-0.39, 0.29) is 0 Å². The molecular formula is C11H15ClN2O2. The first-order chi connectivity index (χ1) is 7.43. The van der Waals surface area contributed by atoms with E-state index in [9.17, 15) is 4.79 Å². The number of carboxylic acid groups (broad SMARTS) is 1. The molecule has 0 aliphatic carbocycles. The van der Waals surface area contributed by atoms with Crippen LogP contribution in [0.4, 0.5) is 5.69 Å². The number of aromatic nitrogens is 1. The molecule has 4 nitrogen and oxygen atoms in total. The fourth-order valence-electron chi connectivity index (χ4n) is 1.42. The lowest BCUT2D eigenvalue weighted by Crippen LogP contribution is -2.28. The summed E-state index contributed by atoms with van der Waals surface area (Å²) in [6.45, 7) is 3.90. The lowest BCUT2D eigenvalue weighted by atomic mass is 10.1. The van der Waals surface area contributed by atoms with Crippen LogP contribution in [0, 0.1) is 12.8 Å². The van der Waals surface area contributed by atoms with Crippen LogP contribution in [0.1, 0.15) is 12.6 Å². The van der Waals surface area contributed by atoms with Gasteiger partial charge in [-0.3, -0.25) is 9.78 Å². The number of halogens is 1. The zero-order chi connectivity index (χ0) is 12.3. The Bertz CT molecular complexity index is 396. The summed E-state index contributed by atoms with van der Waals surface area (Å²) in [5.41, 5.74) is 1.55. The molecule has 5 heteroatoms. The van der Waals surface area contributed by atoms with Gasteiger partial charge in [-0.05, 0) is 13.0 Å². The summed E-state index contributed by atoms with van der Waals surface area (Å²) in [5.74, 6) is -1.25. The number of rotatable bonds is 4. The monoisotopic (exact) mass is 242 g/mol. The molecule has 1 unspecified atom stereocenters. The van der Waals surface area contributed by atoms with Gasteiger partial charge in [-0.2, -0.15) is 0 Å². The van der Waals surface area contributed by atoms with E-state index in [2.05, 4.69) is 4.98 Å². The Labute approximate surface area is 99.9 Å². The first-order valence-corrected chi connectivity index (χ1v) is 5.36. The van der Waals surface area contributed by atoms with Crippen LogP contribution >= 0.6 is 11.6 Å². The van der Waals surface area contributed by atoms with E-state index in [0.29, 0.717) is 11.6 Å². The van der Waals surface area contributed by atoms with E-state index in [1.54, 1.807) is 19.2 Å². The quantitative estimate of drug-likeness (QED) is 0.880. The molecular weight excluding hydrogens is 228 g/mol. The van der Waals surface area contributed by atoms with Gasteiger partial charge in [-0.15, -0.1) is 0 Å². The number of nitrogens with zero attached hydrogens (tertiary/aromatic N) is 2. The van der Waals surface area contributed by atoms with Gasteiger partial charge < -0.3 is 10.0 Å². The summed E-state index contributed by atoms with van der Waals surface area (Å²) in [4.78, 5) is 16.6. The summed E-state index contributed by atoms with van der Waals surface area (Å²) in [6.07, 6.45) is 1.67. The molecule has 1 heterocycles. The summed E-state index contributed by atoms with van der Waals surface area (Å²) in [5, 5.41) is 9.40. The molecule has 0 saturated heterocycles. The van der Waals surface area contributed by atoms with Crippen molar-refractivity contribution in [2.24, 2.45) is 5.92 Å². The Kier molecular flexibility index (Phi) is 4.12. The molecule has 0 bridgehead atoms. The molecule has 1 atom stereocenters. The van der Waals surface area contributed by atoms with Gasteiger partial charge in [-0.1, -0.05) is 18.5 Å². The van der Waals surface area contributed by atoms with Crippen LogP contribution in [-0.2, 0) is 4.79 Å². The molecule has 0 spiro atoms. The SMILES string of the molecule is Cc1nccc(N(C)CC(C)C(=O)O)c1Cl. The van der Waals surface area contributed by atoms with Gasteiger partial charge in [0.05, 0.1) is 22.3 Å². The second-order valence-corrected chi connectivity index (χ2v) is 4.23. The Morgan fingerprint density at radius 3 is 2.88 bits per heavy atom. The average Bonchev–Trinajstić information content (AvgIpc) is 2.21. The van der Waals surface area contributed by atoms with Gasteiger partial charge in [0.15, 0.2) is 0 Å². The smallest absolute Gasteiger partial charge is 0.308 e. The third-order valence-electron chi connectivity index (χ3n) is 2.42. The Morgan fingerprint density at radius 1 is 1.69 bits per heavy atom. The molecule has 0 aliphatic rings. The van der Waals surface area contributed by atoms with E-state index in [1.807, 2.05) is 18.9 Å². The molecule has 0 radical (unpaired) electrons. The number of carboxylic acids is 1. The van der Waals surface area contributed by atoms with Crippen molar-refractivity contribution in [2.75, 3.05) is 18.5 Å². The minimum absolute atomic E-state index is 0.415. The molecule has 16 heavy (non-hydrogen) atoms. The van der Waals surface area contributed by atoms with Crippen molar-refractivity contribution in [2.45, 2.75) is 13.8 Å². The van der Waals surface area contributed by atoms with Crippen molar-refractivity contribution in [3.8, 4) is 0 Å². The van der Waals surface area contributed by atoms with Crippen LogP contribution in [0.5, 0.6) is 0 Å². The maximum absolute atomic E-state index is 10.7. The molecule has 0 aromatic carbocycles. The van der Waals surface area contributed by atoms with Crippen LogP contribution in [0.3, 0.4) is 0 Å². The normalized spacial score (nSPS) is 12.2. The zero-order valence-corrected chi connectivity index (χ0v) is 10.3. The topological polar surface area (TPSA) is 53.4 Å². The fourth-order valence-corrected chi connectivity index (χ4v) is 1.67. The Morgan fingerprint density at radius 2 is 2.31 bits per heavy atom.